The first-order chi connectivity index (χ1) is 15.1. The molecule has 0 aromatic heterocycles. The molecule has 0 unspecified atom stereocenters. The highest BCUT2D eigenvalue weighted by molar-refractivity contribution is 5.68. The summed E-state index contributed by atoms with van der Waals surface area (Å²) in [5.74, 6) is -0.727. The second-order valence-corrected chi connectivity index (χ2v) is 10.8. The molecule has 1 rings (SSSR count). The van der Waals surface area contributed by atoms with Gasteiger partial charge in [-0.3, -0.25) is 0 Å². The second kappa shape index (κ2) is 15.1. The van der Waals surface area contributed by atoms with Gasteiger partial charge in [0.25, 0.3) is 0 Å². The largest absolute Gasteiger partial charge is 0.444 e. The molecule has 1 aliphatic rings. The Morgan fingerprint density at radius 2 is 1.44 bits per heavy atom. The van der Waals surface area contributed by atoms with E-state index in [1.165, 1.54) is 70.6 Å². The zero-order valence-corrected chi connectivity index (χ0v) is 21.7. The maximum Gasteiger partial charge on any atom is 0.408 e. The summed E-state index contributed by atoms with van der Waals surface area (Å²) in [4.78, 5) is 12.2. The monoisotopic (exact) mass is 457 g/mol. The SMILES string of the molecule is CCCCCCCCCCCCCC[C@H]1OC(C)(C)O[C@@H]1[C@@H](CO)NC(=O)OC(C)(C)C. The smallest absolute Gasteiger partial charge is 0.408 e. The summed E-state index contributed by atoms with van der Waals surface area (Å²) in [5.41, 5.74) is -0.592. The van der Waals surface area contributed by atoms with Crippen LogP contribution in [0.25, 0.3) is 0 Å². The molecule has 0 spiro atoms. The lowest BCUT2D eigenvalue weighted by Gasteiger charge is -2.28. The lowest BCUT2D eigenvalue weighted by atomic mass is 9.99. The van der Waals surface area contributed by atoms with Gasteiger partial charge >= 0.3 is 6.09 Å². The minimum absolute atomic E-state index is 0.153. The van der Waals surface area contributed by atoms with Gasteiger partial charge in [0, 0.05) is 0 Å². The van der Waals surface area contributed by atoms with Gasteiger partial charge in [0.2, 0.25) is 0 Å². The van der Waals surface area contributed by atoms with Gasteiger partial charge in [-0.1, -0.05) is 84.0 Å². The standard InChI is InChI=1S/C26H51NO5/c1-7-8-9-10-11-12-13-14-15-16-17-18-19-22-23(31-26(5,6)30-22)21(20-28)27-24(29)32-25(2,3)4/h21-23,28H,7-20H2,1-6H3,(H,27,29)/t21-,22-,23-/m1/s1. The Kier molecular flexibility index (Phi) is 13.8. The number of ether oxygens (including phenoxy) is 3. The van der Waals surface area contributed by atoms with E-state index in [2.05, 4.69) is 12.2 Å². The van der Waals surface area contributed by atoms with Crippen LogP contribution in [0.1, 0.15) is 125 Å². The van der Waals surface area contributed by atoms with E-state index in [1.54, 1.807) is 0 Å². The Hall–Kier alpha value is -0.850. The van der Waals surface area contributed by atoms with E-state index in [0.29, 0.717) is 0 Å². The van der Waals surface area contributed by atoms with Crippen molar-refractivity contribution in [3.63, 3.8) is 0 Å². The Labute approximate surface area is 197 Å². The predicted molar refractivity (Wildman–Crippen MR) is 130 cm³/mol. The fourth-order valence-electron chi connectivity index (χ4n) is 4.30. The van der Waals surface area contributed by atoms with E-state index in [9.17, 15) is 9.90 Å². The number of alkyl carbamates (subject to hydrolysis) is 1. The fourth-order valence-corrected chi connectivity index (χ4v) is 4.30. The van der Waals surface area contributed by atoms with E-state index < -0.39 is 29.6 Å². The topological polar surface area (TPSA) is 77.0 Å². The van der Waals surface area contributed by atoms with Gasteiger partial charge in [-0.25, -0.2) is 4.79 Å². The molecule has 0 bridgehead atoms. The molecule has 1 amide bonds. The first kappa shape index (κ1) is 29.2. The lowest BCUT2D eigenvalue weighted by molar-refractivity contribution is -0.149. The van der Waals surface area contributed by atoms with E-state index in [4.69, 9.17) is 14.2 Å². The number of rotatable bonds is 16. The Bertz CT molecular complexity index is 503. The molecule has 1 aliphatic heterocycles. The third-order valence-corrected chi connectivity index (χ3v) is 5.86. The lowest BCUT2D eigenvalue weighted by Crippen LogP contribution is -2.51. The summed E-state index contributed by atoms with van der Waals surface area (Å²) >= 11 is 0. The molecule has 0 aliphatic carbocycles. The molecule has 6 nitrogen and oxygen atoms in total. The van der Waals surface area contributed by atoms with Crippen molar-refractivity contribution in [3.8, 4) is 0 Å². The average Bonchev–Trinajstić information content (AvgIpc) is 3.00. The fraction of sp³-hybridized carbons (Fsp3) is 0.962. The van der Waals surface area contributed by atoms with Crippen molar-refractivity contribution in [1.29, 1.82) is 0 Å². The van der Waals surface area contributed by atoms with Crippen molar-refractivity contribution in [2.45, 2.75) is 155 Å². The first-order valence-electron chi connectivity index (χ1n) is 13.0. The summed E-state index contributed by atoms with van der Waals surface area (Å²) in [5, 5.41) is 12.7. The number of aliphatic hydroxyl groups excluding tert-OH is 1. The van der Waals surface area contributed by atoms with E-state index in [0.717, 1.165) is 12.8 Å². The minimum atomic E-state index is -0.727. The molecule has 1 fully saturated rings. The normalized spacial score (nSPS) is 21.5. The van der Waals surface area contributed by atoms with Crippen LogP contribution in [-0.2, 0) is 14.2 Å². The molecule has 1 heterocycles. The zero-order chi connectivity index (χ0) is 24.0. The third kappa shape index (κ3) is 13.0. The summed E-state index contributed by atoms with van der Waals surface area (Å²) in [6.45, 7) is 11.2. The summed E-state index contributed by atoms with van der Waals surface area (Å²) in [7, 11) is 0. The minimum Gasteiger partial charge on any atom is -0.444 e. The number of amides is 1. The van der Waals surface area contributed by atoms with Crippen LogP contribution >= 0.6 is 0 Å². The summed E-state index contributed by atoms with van der Waals surface area (Å²) < 4.78 is 17.5. The van der Waals surface area contributed by atoms with Gasteiger partial charge < -0.3 is 24.6 Å². The van der Waals surface area contributed by atoms with Crippen LogP contribution in [0.4, 0.5) is 4.79 Å². The number of unbranched alkanes of at least 4 members (excludes halogenated alkanes) is 11. The Morgan fingerprint density at radius 1 is 0.938 bits per heavy atom. The molecule has 190 valence electrons. The van der Waals surface area contributed by atoms with E-state index >= 15 is 0 Å². The van der Waals surface area contributed by atoms with Gasteiger partial charge in [-0.05, 0) is 41.0 Å². The number of carbonyl (C=O) groups is 1. The molecular formula is C26H51NO5. The van der Waals surface area contributed by atoms with Crippen LogP contribution < -0.4 is 5.32 Å². The van der Waals surface area contributed by atoms with Crippen molar-refractivity contribution < 1.29 is 24.1 Å². The first-order valence-corrected chi connectivity index (χ1v) is 13.0. The molecule has 3 atom stereocenters. The number of carbonyl (C=O) groups excluding carboxylic acids is 1. The highest BCUT2D eigenvalue weighted by Crippen LogP contribution is 2.33. The molecule has 0 aromatic carbocycles. The van der Waals surface area contributed by atoms with E-state index in [1.807, 2.05) is 34.6 Å². The van der Waals surface area contributed by atoms with Crippen LogP contribution in [-0.4, -0.2) is 47.4 Å². The molecule has 2 N–H and O–H groups in total. The maximum atomic E-state index is 12.2. The summed E-state index contributed by atoms with van der Waals surface area (Å²) in [6, 6.07) is -0.561. The van der Waals surface area contributed by atoms with Crippen LogP contribution in [0.5, 0.6) is 0 Å². The molecule has 0 saturated carbocycles. The second-order valence-electron chi connectivity index (χ2n) is 10.8. The highest BCUT2D eigenvalue weighted by Gasteiger charge is 2.45. The van der Waals surface area contributed by atoms with Crippen LogP contribution in [0, 0.1) is 0 Å². The van der Waals surface area contributed by atoms with Crippen molar-refractivity contribution in [3.05, 3.63) is 0 Å². The number of aliphatic hydroxyl groups is 1. The van der Waals surface area contributed by atoms with Crippen molar-refractivity contribution >= 4 is 6.09 Å². The van der Waals surface area contributed by atoms with E-state index in [-0.39, 0.29) is 12.7 Å². The van der Waals surface area contributed by atoms with Gasteiger partial charge in [-0.15, -0.1) is 0 Å². The van der Waals surface area contributed by atoms with Gasteiger partial charge in [0.15, 0.2) is 5.79 Å². The van der Waals surface area contributed by atoms with Crippen LogP contribution in [0.2, 0.25) is 0 Å². The van der Waals surface area contributed by atoms with Crippen molar-refractivity contribution in [1.82, 2.24) is 5.32 Å². The molecule has 32 heavy (non-hydrogen) atoms. The number of nitrogens with one attached hydrogen (secondary N) is 1. The van der Waals surface area contributed by atoms with Crippen LogP contribution in [0.15, 0.2) is 0 Å². The maximum absolute atomic E-state index is 12.2. The quantitative estimate of drug-likeness (QED) is 0.259. The average molecular weight is 458 g/mol. The number of hydrogen-bond donors (Lipinski definition) is 2. The van der Waals surface area contributed by atoms with Gasteiger partial charge in [0.1, 0.15) is 11.7 Å². The summed E-state index contributed by atoms with van der Waals surface area (Å²) in [6.07, 6.45) is 15.5. The molecular weight excluding hydrogens is 406 g/mol. The zero-order valence-electron chi connectivity index (χ0n) is 21.7. The van der Waals surface area contributed by atoms with Crippen molar-refractivity contribution in [2.24, 2.45) is 0 Å². The molecule has 0 aromatic rings. The molecule has 1 saturated heterocycles. The predicted octanol–water partition coefficient (Wildman–Crippen LogP) is 6.48. The molecule has 6 heteroatoms. The van der Waals surface area contributed by atoms with Gasteiger partial charge in [-0.2, -0.15) is 0 Å². The highest BCUT2D eigenvalue weighted by atomic mass is 16.8. The number of hydrogen-bond acceptors (Lipinski definition) is 5. The van der Waals surface area contributed by atoms with Crippen LogP contribution in [0.3, 0.4) is 0 Å². The molecule has 0 radical (unpaired) electrons. The third-order valence-electron chi connectivity index (χ3n) is 5.86. The van der Waals surface area contributed by atoms with Gasteiger partial charge in [0.05, 0.1) is 18.8 Å². The Balaban J connectivity index is 2.30. The van der Waals surface area contributed by atoms with Crippen molar-refractivity contribution in [2.75, 3.05) is 6.61 Å². The Morgan fingerprint density at radius 3 is 1.91 bits per heavy atom.